The Hall–Kier alpha value is -2.82. The number of ether oxygens (including phenoxy) is 3. The highest BCUT2D eigenvalue weighted by Gasteiger charge is 2.22. The van der Waals surface area contributed by atoms with Gasteiger partial charge < -0.3 is 14.2 Å². The van der Waals surface area contributed by atoms with Crippen molar-refractivity contribution >= 4 is 11.8 Å². The summed E-state index contributed by atoms with van der Waals surface area (Å²) in [5, 5.41) is 0. The Kier molecular flexibility index (Phi) is 6.84. The van der Waals surface area contributed by atoms with Crippen molar-refractivity contribution in [2.24, 2.45) is 0 Å². The minimum atomic E-state index is -0.898. The van der Waals surface area contributed by atoms with Crippen LogP contribution in [0.15, 0.2) is 42.5 Å². The Bertz CT molecular complexity index is 831. The van der Waals surface area contributed by atoms with E-state index in [-0.39, 0.29) is 11.2 Å². The fourth-order valence-electron chi connectivity index (χ4n) is 2.72. The average Bonchev–Trinajstić information content (AvgIpc) is 2.67. The summed E-state index contributed by atoms with van der Waals surface area (Å²) in [4.78, 5) is 25.1. The second kappa shape index (κ2) is 8.91. The molecule has 28 heavy (non-hydrogen) atoms. The molecule has 0 aliphatic carbocycles. The van der Waals surface area contributed by atoms with Crippen LogP contribution in [0.5, 0.6) is 11.5 Å². The van der Waals surface area contributed by atoms with Crippen molar-refractivity contribution in [3.63, 3.8) is 0 Å². The Morgan fingerprint density at radius 1 is 0.964 bits per heavy atom. The number of benzene rings is 2. The van der Waals surface area contributed by atoms with Crippen LogP contribution < -0.4 is 9.47 Å². The number of carbonyl (C=O) groups is 2. The molecule has 0 fully saturated rings. The molecule has 0 amide bonds. The maximum Gasteiger partial charge on any atom is 0.338 e. The molecule has 0 unspecified atom stereocenters. The summed E-state index contributed by atoms with van der Waals surface area (Å²) in [6, 6.07) is 12.2. The van der Waals surface area contributed by atoms with Crippen LogP contribution in [0.25, 0.3) is 0 Å². The molecule has 0 spiro atoms. The zero-order valence-electron chi connectivity index (χ0n) is 17.4. The summed E-state index contributed by atoms with van der Waals surface area (Å²) < 4.78 is 16.1. The van der Waals surface area contributed by atoms with Gasteiger partial charge in [0, 0.05) is 5.56 Å². The minimum absolute atomic E-state index is 0.00624. The molecule has 1 atom stereocenters. The average molecular weight is 384 g/mol. The van der Waals surface area contributed by atoms with E-state index >= 15 is 0 Å². The molecule has 0 N–H and O–H groups in total. The number of ketones is 1. The first-order valence-electron chi connectivity index (χ1n) is 9.34. The molecule has 0 heterocycles. The molecule has 5 nitrogen and oxygen atoms in total. The third-order valence-electron chi connectivity index (χ3n) is 4.39. The third kappa shape index (κ3) is 5.12. The predicted octanol–water partition coefficient (Wildman–Crippen LogP) is 4.82. The van der Waals surface area contributed by atoms with Crippen molar-refractivity contribution in [1.29, 1.82) is 0 Å². The van der Waals surface area contributed by atoms with Crippen molar-refractivity contribution in [2.75, 3.05) is 13.7 Å². The normalized spacial score (nSPS) is 12.2. The van der Waals surface area contributed by atoms with Gasteiger partial charge in [-0.25, -0.2) is 4.79 Å². The zero-order chi connectivity index (χ0) is 20.9. The van der Waals surface area contributed by atoms with Crippen LogP contribution in [0.1, 0.15) is 60.9 Å². The Labute approximate surface area is 166 Å². The first-order valence-corrected chi connectivity index (χ1v) is 9.34. The molecule has 0 saturated heterocycles. The van der Waals surface area contributed by atoms with E-state index in [1.54, 1.807) is 37.3 Å². The molecule has 2 rings (SSSR count). The van der Waals surface area contributed by atoms with Crippen molar-refractivity contribution in [2.45, 2.75) is 46.1 Å². The summed E-state index contributed by atoms with van der Waals surface area (Å²) in [6.07, 6.45) is -0.898. The Morgan fingerprint density at radius 2 is 1.57 bits per heavy atom. The molecule has 0 aromatic heterocycles. The van der Waals surface area contributed by atoms with Crippen LogP contribution >= 0.6 is 0 Å². The number of Topliss-reactive ketones (excluding diaryl/α,β-unsaturated/α-hetero) is 1. The number of carbonyl (C=O) groups excluding carboxylic acids is 2. The van der Waals surface area contributed by atoms with Crippen molar-refractivity contribution in [3.05, 3.63) is 59.2 Å². The molecular formula is C23H28O5. The molecular weight excluding hydrogens is 356 g/mol. The Morgan fingerprint density at radius 3 is 2.11 bits per heavy atom. The SMILES string of the molecule is CCOc1cc(C(=O)O[C@@H](C)C(=O)c2ccc(C(C)(C)C)cc2)ccc1OC. The van der Waals surface area contributed by atoms with E-state index in [9.17, 15) is 9.59 Å². The summed E-state index contributed by atoms with van der Waals surface area (Å²) in [6.45, 7) is 10.2. The minimum Gasteiger partial charge on any atom is -0.493 e. The molecule has 2 aromatic carbocycles. The number of hydrogen-bond donors (Lipinski definition) is 0. The molecule has 0 bridgehead atoms. The van der Waals surface area contributed by atoms with Gasteiger partial charge in [0.05, 0.1) is 19.3 Å². The number of esters is 1. The van der Waals surface area contributed by atoms with Crippen LogP contribution in [0.4, 0.5) is 0 Å². The lowest BCUT2D eigenvalue weighted by atomic mass is 9.86. The second-order valence-corrected chi connectivity index (χ2v) is 7.54. The van der Waals surface area contributed by atoms with E-state index in [0.29, 0.717) is 29.2 Å². The van der Waals surface area contributed by atoms with E-state index in [2.05, 4.69) is 20.8 Å². The van der Waals surface area contributed by atoms with Crippen LogP contribution in [0.3, 0.4) is 0 Å². The number of methoxy groups -OCH3 is 1. The van der Waals surface area contributed by atoms with Crippen LogP contribution in [0, 0.1) is 0 Å². The van der Waals surface area contributed by atoms with Gasteiger partial charge >= 0.3 is 5.97 Å². The van der Waals surface area contributed by atoms with Gasteiger partial charge in [-0.3, -0.25) is 4.79 Å². The largest absolute Gasteiger partial charge is 0.493 e. The highest BCUT2D eigenvalue weighted by atomic mass is 16.5. The van der Waals surface area contributed by atoms with E-state index in [4.69, 9.17) is 14.2 Å². The van der Waals surface area contributed by atoms with Gasteiger partial charge in [-0.2, -0.15) is 0 Å². The lowest BCUT2D eigenvalue weighted by Gasteiger charge is -2.19. The smallest absolute Gasteiger partial charge is 0.338 e. The molecule has 5 heteroatoms. The second-order valence-electron chi connectivity index (χ2n) is 7.54. The highest BCUT2D eigenvalue weighted by molar-refractivity contribution is 6.01. The number of rotatable bonds is 7. The third-order valence-corrected chi connectivity index (χ3v) is 4.39. The van der Waals surface area contributed by atoms with Crippen molar-refractivity contribution < 1.29 is 23.8 Å². The van der Waals surface area contributed by atoms with E-state index < -0.39 is 12.1 Å². The van der Waals surface area contributed by atoms with Gasteiger partial charge in [-0.15, -0.1) is 0 Å². The maximum atomic E-state index is 12.6. The first-order chi connectivity index (χ1) is 13.2. The molecule has 0 radical (unpaired) electrons. The quantitative estimate of drug-likeness (QED) is 0.506. The summed E-state index contributed by atoms with van der Waals surface area (Å²) in [5.41, 5.74) is 1.95. The Balaban J connectivity index is 2.11. The fourth-order valence-corrected chi connectivity index (χ4v) is 2.72. The topological polar surface area (TPSA) is 61.8 Å². The van der Waals surface area contributed by atoms with E-state index in [1.807, 2.05) is 19.1 Å². The van der Waals surface area contributed by atoms with Gasteiger partial charge in [-0.1, -0.05) is 45.0 Å². The molecule has 2 aromatic rings. The highest BCUT2D eigenvalue weighted by Crippen LogP contribution is 2.28. The van der Waals surface area contributed by atoms with Crippen LogP contribution in [-0.4, -0.2) is 31.6 Å². The fraction of sp³-hybridized carbons (Fsp3) is 0.391. The lowest BCUT2D eigenvalue weighted by Crippen LogP contribution is -2.24. The van der Waals surface area contributed by atoms with Crippen LogP contribution in [-0.2, 0) is 10.2 Å². The van der Waals surface area contributed by atoms with Crippen LogP contribution in [0.2, 0.25) is 0 Å². The molecule has 0 aliphatic rings. The number of hydrogen-bond acceptors (Lipinski definition) is 5. The monoisotopic (exact) mass is 384 g/mol. The van der Waals surface area contributed by atoms with E-state index in [0.717, 1.165) is 5.56 Å². The van der Waals surface area contributed by atoms with Crippen molar-refractivity contribution in [3.8, 4) is 11.5 Å². The summed E-state index contributed by atoms with van der Waals surface area (Å²) >= 11 is 0. The van der Waals surface area contributed by atoms with Crippen molar-refractivity contribution in [1.82, 2.24) is 0 Å². The van der Waals surface area contributed by atoms with E-state index in [1.165, 1.54) is 7.11 Å². The maximum absolute atomic E-state index is 12.6. The van der Waals surface area contributed by atoms with Gasteiger partial charge in [0.15, 0.2) is 17.6 Å². The van der Waals surface area contributed by atoms with Gasteiger partial charge in [0.1, 0.15) is 0 Å². The molecule has 0 aliphatic heterocycles. The standard InChI is InChI=1S/C23H28O5/c1-7-27-20-14-17(10-13-19(20)26-6)22(25)28-15(2)21(24)16-8-11-18(12-9-16)23(3,4)5/h8-15H,7H2,1-6H3/t15-/m0/s1. The molecule has 150 valence electrons. The zero-order valence-corrected chi connectivity index (χ0v) is 17.4. The predicted molar refractivity (Wildman–Crippen MR) is 109 cm³/mol. The lowest BCUT2D eigenvalue weighted by molar-refractivity contribution is 0.0318. The van der Waals surface area contributed by atoms with Gasteiger partial charge in [-0.05, 0) is 43.0 Å². The summed E-state index contributed by atoms with van der Waals surface area (Å²) in [7, 11) is 1.53. The van der Waals surface area contributed by atoms with Gasteiger partial charge in [0.25, 0.3) is 0 Å². The molecule has 0 saturated carbocycles. The van der Waals surface area contributed by atoms with Gasteiger partial charge in [0.2, 0.25) is 5.78 Å². The first kappa shape index (κ1) is 21.5. The summed E-state index contributed by atoms with van der Waals surface area (Å²) in [5.74, 6) is 0.154.